The zero-order chi connectivity index (χ0) is 15.2. The van der Waals surface area contributed by atoms with Crippen LogP contribution in [0.1, 0.15) is 26.2 Å². The van der Waals surface area contributed by atoms with Gasteiger partial charge in [-0.2, -0.15) is 0 Å². The van der Waals surface area contributed by atoms with Crippen LogP contribution in [0, 0.1) is 0 Å². The maximum absolute atomic E-state index is 12.2. The Balaban J connectivity index is 1.75. The van der Waals surface area contributed by atoms with Crippen molar-refractivity contribution in [1.29, 1.82) is 0 Å². The van der Waals surface area contributed by atoms with E-state index in [1.54, 1.807) is 11.8 Å². The maximum atomic E-state index is 12.2. The lowest BCUT2D eigenvalue weighted by Crippen LogP contribution is -2.48. The zero-order valence-electron chi connectivity index (χ0n) is 13.2. The van der Waals surface area contributed by atoms with E-state index in [2.05, 4.69) is 11.9 Å². The number of piperazine rings is 1. The summed E-state index contributed by atoms with van der Waals surface area (Å²) in [5, 5.41) is 0. The fourth-order valence-corrected chi connectivity index (χ4v) is 2.86. The second-order valence-electron chi connectivity index (χ2n) is 6.03. The van der Waals surface area contributed by atoms with Crippen molar-refractivity contribution >= 4 is 11.8 Å². The van der Waals surface area contributed by atoms with Gasteiger partial charge in [-0.15, -0.1) is 0 Å². The van der Waals surface area contributed by atoms with Crippen molar-refractivity contribution in [3.05, 3.63) is 0 Å². The summed E-state index contributed by atoms with van der Waals surface area (Å²) in [6.07, 6.45) is 2.63. The summed E-state index contributed by atoms with van der Waals surface area (Å²) in [6.45, 7) is 6.91. The molecule has 0 spiro atoms. The summed E-state index contributed by atoms with van der Waals surface area (Å²) >= 11 is 0. The van der Waals surface area contributed by atoms with E-state index >= 15 is 0 Å². The summed E-state index contributed by atoms with van der Waals surface area (Å²) < 4.78 is 5.57. The molecule has 2 heterocycles. The highest BCUT2D eigenvalue weighted by atomic mass is 16.5. The predicted octanol–water partition coefficient (Wildman–Crippen LogP) is 0.178. The number of hydrogen-bond acceptors (Lipinski definition) is 4. The van der Waals surface area contributed by atoms with Gasteiger partial charge in [0.05, 0.1) is 6.10 Å². The van der Waals surface area contributed by atoms with Crippen LogP contribution in [-0.2, 0) is 14.3 Å². The molecule has 0 bridgehead atoms. The Morgan fingerprint density at radius 2 is 1.95 bits per heavy atom. The fraction of sp³-hybridized carbons (Fsp3) is 0.867. The first kappa shape index (κ1) is 16.2. The Morgan fingerprint density at radius 3 is 2.52 bits per heavy atom. The van der Waals surface area contributed by atoms with Crippen LogP contribution in [0.2, 0.25) is 0 Å². The first-order chi connectivity index (χ1) is 10.1. The van der Waals surface area contributed by atoms with Gasteiger partial charge in [0.15, 0.2) is 0 Å². The second kappa shape index (κ2) is 7.75. The molecule has 2 saturated heterocycles. The molecule has 1 unspecified atom stereocenters. The minimum absolute atomic E-state index is 0.0247. The molecule has 6 nitrogen and oxygen atoms in total. The molecule has 0 aromatic rings. The third kappa shape index (κ3) is 4.97. The van der Waals surface area contributed by atoms with Gasteiger partial charge in [-0.25, -0.2) is 0 Å². The second-order valence-corrected chi connectivity index (χ2v) is 6.03. The number of carbonyl (C=O) groups is 2. The van der Waals surface area contributed by atoms with Crippen LogP contribution < -0.4 is 0 Å². The number of ether oxygens (including phenoxy) is 1. The highest BCUT2D eigenvalue weighted by Gasteiger charge is 2.23. The van der Waals surface area contributed by atoms with Crippen molar-refractivity contribution in [2.24, 2.45) is 0 Å². The van der Waals surface area contributed by atoms with Crippen molar-refractivity contribution in [1.82, 2.24) is 14.7 Å². The fourth-order valence-electron chi connectivity index (χ4n) is 2.86. The molecule has 0 radical (unpaired) electrons. The molecule has 0 N–H and O–H groups in total. The molecule has 2 amide bonds. The standard InChI is InChI=1S/C15H27N3O3/c1-13(19)18(12-14-4-3-11-21-14)6-5-15(20)17-9-7-16(2)8-10-17/h14H,3-12H2,1-2H3. The molecule has 2 aliphatic rings. The first-order valence-electron chi connectivity index (χ1n) is 7.89. The number of amides is 2. The van der Waals surface area contributed by atoms with Gasteiger partial charge in [0.2, 0.25) is 11.8 Å². The van der Waals surface area contributed by atoms with Gasteiger partial charge < -0.3 is 19.4 Å². The molecule has 1 atom stereocenters. The number of nitrogens with zero attached hydrogens (tertiary/aromatic N) is 3. The van der Waals surface area contributed by atoms with Crippen molar-refractivity contribution < 1.29 is 14.3 Å². The van der Waals surface area contributed by atoms with E-state index < -0.39 is 0 Å². The van der Waals surface area contributed by atoms with Crippen LogP contribution in [-0.4, -0.2) is 85.5 Å². The number of likely N-dealkylation sites (N-methyl/N-ethyl adjacent to an activating group) is 1. The molecule has 0 aliphatic carbocycles. The highest BCUT2D eigenvalue weighted by Crippen LogP contribution is 2.14. The summed E-state index contributed by atoms with van der Waals surface area (Å²) in [5.41, 5.74) is 0. The molecule has 21 heavy (non-hydrogen) atoms. The minimum Gasteiger partial charge on any atom is -0.376 e. The predicted molar refractivity (Wildman–Crippen MR) is 79.9 cm³/mol. The van der Waals surface area contributed by atoms with E-state index in [0.717, 1.165) is 45.6 Å². The maximum Gasteiger partial charge on any atom is 0.224 e. The Kier molecular flexibility index (Phi) is 5.99. The van der Waals surface area contributed by atoms with Crippen LogP contribution in [0.3, 0.4) is 0 Å². The monoisotopic (exact) mass is 297 g/mol. The Hall–Kier alpha value is -1.14. The molecule has 0 saturated carbocycles. The molecular weight excluding hydrogens is 270 g/mol. The number of rotatable bonds is 5. The van der Waals surface area contributed by atoms with E-state index in [9.17, 15) is 9.59 Å². The largest absolute Gasteiger partial charge is 0.376 e. The van der Waals surface area contributed by atoms with E-state index in [-0.39, 0.29) is 17.9 Å². The van der Waals surface area contributed by atoms with Crippen LogP contribution in [0.4, 0.5) is 0 Å². The average molecular weight is 297 g/mol. The third-order valence-electron chi connectivity index (χ3n) is 4.34. The zero-order valence-corrected chi connectivity index (χ0v) is 13.2. The van der Waals surface area contributed by atoms with Gasteiger partial charge in [-0.1, -0.05) is 0 Å². The van der Waals surface area contributed by atoms with Crippen molar-refractivity contribution in [3.8, 4) is 0 Å². The van der Waals surface area contributed by atoms with Crippen molar-refractivity contribution in [3.63, 3.8) is 0 Å². The van der Waals surface area contributed by atoms with Gasteiger partial charge in [0.25, 0.3) is 0 Å². The summed E-state index contributed by atoms with van der Waals surface area (Å²) in [6, 6.07) is 0. The van der Waals surface area contributed by atoms with E-state index in [1.807, 2.05) is 4.90 Å². The Labute approximate surface area is 127 Å². The van der Waals surface area contributed by atoms with Crippen LogP contribution in [0.25, 0.3) is 0 Å². The molecule has 2 aliphatic heterocycles. The van der Waals surface area contributed by atoms with Crippen LogP contribution in [0.15, 0.2) is 0 Å². The molecule has 2 rings (SSSR count). The smallest absolute Gasteiger partial charge is 0.224 e. The van der Waals surface area contributed by atoms with Crippen molar-refractivity contribution in [2.45, 2.75) is 32.3 Å². The molecular formula is C15H27N3O3. The topological polar surface area (TPSA) is 53.1 Å². The Bertz CT molecular complexity index is 361. The summed E-state index contributed by atoms with van der Waals surface area (Å²) in [5.74, 6) is 0.179. The van der Waals surface area contributed by atoms with Crippen molar-refractivity contribution in [2.75, 3.05) is 52.9 Å². The average Bonchev–Trinajstić information content (AvgIpc) is 2.96. The third-order valence-corrected chi connectivity index (χ3v) is 4.34. The van der Waals surface area contributed by atoms with Gasteiger partial charge in [-0.3, -0.25) is 9.59 Å². The van der Waals surface area contributed by atoms with Gasteiger partial charge in [0.1, 0.15) is 0 Å². The van der Waals surface area contributed by atoms with Gasteiger partial charge >= 0.3 is 0 Å². The normalized spacial score (nSPS) is 23.3. The van der Waals surface area contributed by atoms with E-state index in [1.165, 1.54) is 0 Å². The summed E-state index contributed by atoms with van der Waals surface area (Å²) in [4.78, 5) is 29.8. The molecule has 0 aromatic carbocycles. The lowest BCUT2D eigenvalue weighted by molar-refractivity contribution is -0.135. The van der Waals surface area contributed by atoms with Crippen LogP contribution in [0.5, 0.6) is 0 Å². The first-order valence-corrected chi connectivity index (χ1v) is 7.89. The van der Waals surface area contributed by atoms with E-state index in [4.69, 9.17) is 4.74 Å². The molecule has 0 aromatic heterocycles. The summed E-state index contributed by atoms with van der Waals surface area (Å²) in [7, 11) is 2.07. The SMILES string of the molecule is CC(=O)N(CCC(=O)N1CCN(C)CC1)CC1CCCO1. The molecule has 6 heteroatoms. The quantitative estimate of drug-likeness (QED) is 0.726. The molecule has 2 fully saturated rings. The minimum atomic E-state index is 0.0247. The number of carbonyl (C=O) groups excluding carboxylic acids is 2. The number of hydrogen-bond donors (Lipinski definition) is 0. The highest BCUT2D eigenvalue weighted by molar-refractivity contribution is 5.78. The molecule has 120 valence electrons. The van der Waals surface area contributed by atoms with Crippen LogP contribution >= 0.6 is 0 Å². The lowest BCUT2D eigenvalue weighted by Gasteiger charge is -2.33. The van der Waals surface area contributed by atoms with E-state index in [0.29, 0.717) is 19.5 Å². The lowest BCUT2D eigenvalue weighted by atomic mass is 10.2. The Morgan fingerprint density at radius 1 is 1.24 bits per heavy atom. The van der Waals surface area contributed by atoms with Gasteiger partial charge in [-0.05, 0) is 19.9 Å². The van der Waals surface area contributed by atoms with Gasteiger partial charge in [0, 0.05) is 59.2 Å².